The molecular formula is C21H22N4O3S2. The van der Waals surface area contributed by atoms with Crippen molar-refractivity contribution in [3.63, 3.8) is 0 Å². The number of rotatable bonds is 5. The summed E-state index contributed by atoms with van der Waals surface area (Å²) in [5.74, 6) is 0.521. The van der Waals surface area contributed by atoms with Crippen LogP contribution in [0.25, 0.3) is 10.6 Å². The molecule has 0 bridgehead atoms. The number of nitrogens with one attached hydrogen (secondary N) is 1. The van der Waals surface area contributed by atoms with Crippen molar-refractivity contribution in [2.45, 2.75) is 13.5 Å². The van der Waals surface area contributed by atoms with Gasteiger partial charge in [-0.2, -0.15) is 0 Å². The summed E-state index contributed by atoms with van der Waals surface area (Å²) in [6, 6.07) is 13.6. The number of sulfone groups is 1. The van der Waals surface area contributed by atoms with Crippen LogP contribution in [-0.4, -0.2) is 53.8 Å². The SMILES string of the molecule is Cc1nc(-c2ccccc2)sc1CNc1ccc(C(=O)N2CCS(=O)(=O)CC2)cn1. The molecule has 1 saturated heterocycles. The summed E-state index contributed by atoms with van der Waals surface area (Å²) >= 11 is 1.65. The molecule has 1 aliphatic heterocycles. The highest BCUT2D eigenvalue weighted by Crippen LogP contribution is 2.28. The maximum atomic E-state index is 12.5. The summed E-state index contributed by atoms with van der Waals surface area (Å²) < 4.78 is 23.1. The molecule has 0 atom stereocenters. The molecule has 1 aliphatic rings. The lowest BCUT2D eigenvalue weighted by atomic mass is 10.2. The molecule has 9 heteroatoms. The molecule has 1 amide bonds. The maximum Gasteiger partial charge on any atom is 0.255 e. The van der Waals surface area contributed by atoms with Crippen LogP contribution in [0.5, 0.6) is 0 Å². The number of carbonyl (C=O) groups is 1. The lowest BCUT2D eigenvalue weighted by Crippen LogP contribution is -2.43. The predicted molar refractivity (Wildman–Crippen MR) is 118 cm³/mol. The minimum atomic E-state index is -3.02. The first-order valence-electron chi connectivity index (χ1n) is 9.63. The molecule has 2 aromatic heterocycles. The zero-order valence-corrected chi connectivity index (χ0v) is 18.2. The Balaban J connectivity index is 1.37. The normalized spacial score (nSPS) is 15.7. The lowest BCUT2D eigenvalue weighted by Gasteiger charge is -2.26. The number of aromatic nitrogens is 2. The highest BCUT2D eigenvalue weighted by molar-refractivity contribution is 7.91. The summed E-state index contributed by atoms with van der Waals surface area (Å²) in [5.41, 5.74) is 2.54. The summed E-state index contributed by atoms with van der Waals surface area (Å²) in [5, 5.41) is 4.27. The number of anilines is 1. The molecule has 0 radical (unpaired) electrons. The molecule has 7 nitrogen and oxygen atoms in total. The number of pyridine rings is 1. The Hall–Kier alpha value is -2.78. The number of thiazole rings is 1. The van der Waals surface area contributed by atoms with Crippen LogP contribution in [0.1, 0.15) is 20.9 Å². The summed E-state index contributed by atoms with van der Waals surface area (Å²) in [6.07, 6.45) is 1.53. The quantitative estimate of drug-likeness (QED) is 0.653. The topological polar surface area (TPSA) is 92.3 Å². The van der Waals surface area contributed by atoms with E-state index in [4.69, 9.17) is 0 Å². The smallest absolute Gasteiger partial charge is 0.255 e. The van der Waals surface area contributed by atoms with Gasteiger partial charge in [0.2, 0.25) is 0 Å². The average Bonchev–Trinajstić information content (AvgIpc) is 3.13. The summed E-state index contributed by atoms with van der Waals surface area (Å²) in [7, 11) is -3.02. The first kappa shape index (κ1) is 20.5. The summed E-state index contributed by atoms with van der Waals surface area (Å²) in [4.78, 5) is 24.2. The molecule has 4 rings (SSSR count). The molecule has 3 aromatic rings. The molecule has 30 heavy (non-hydrogen) atoms. The Morgan fingerprint density at radius 1 is 1.13 bits per heavy atom. The van der Waals surface area contributed by atoms with Crippen LogP contribution >= 0.6 is 11.3 Å². The van der Waals surface area contributed by atoms with Gasteiger partial charge in [-0.1, -0.05) is 30.3 Å². The van der Waals surface area contributed by atoms with Crippen molar-refractivity contribution < 1.29 is 13.2 Å². The molecule has 1 aromatic carbocycles. The van der Waals surface area contributed by atoms with Crippen LogP contribution in [0.3, 0.4) is 0 Å². The van der Waals surface area contributed by atoms with Crippen LogP contribution in [0, 0.1) is 6.92 Å². The first-order chi connectivity index (χ1) is 14.4. The zero-order valence-electron chi connectivity index (χ0n) is 16.5. The Bertz CT molecular complexity index is 1130. The second-order valence-corrected chi connectivity index (χ2v) is 10.5. The van der Waals surface area contributed by atoms with Crippen LogP contribution in [0.4, 0.5) is 5.82 Å². The van der Waals surface area contributed by atoms with E-state index in [1.807, 2.05) is 37.3 Å². The van der Waals surface area contributed by atoms with E-state index < -0.39 is 9.84 Å². The number of hydrogen-bond acceptors (Lipinski definition) is 7. The Morgan fingerprint density at radius 3 is 2.53 bits per heavy atom. The van der Waals surface area contributed by atoms with E-state index in [1.54, 1.807) is 28.4 Å². The van der Waals surface area contributed by atoms with Gasteiger partial charge in [0.05, 0.1) is 29.3 Å². The van der Waals surface area contributed by atoms with Crippen molar-refractivity contribution in [3.05, 3.63) is 64.8 Å². The minimum Gasteiger partial charge on any atom is -0.365 e. The van der Waals surface area contributed by atoms with Gasteiger partial charge in [0.1, 0.15) is 10.8 Å². The largest absolute Gasteiger partial charge is 0.365 e. The fourth-order valence-corrected chi connectivity index (χ4v) is 5.40. The van der Waals surface area contributed by atoms with E-state index in [2.05, 4.69) is 15.3 Å². The predicted octanol–water partition coefficient (Wildman–Crippen LogP) is 3.00. The fourth-order valence-electron chi connectivity index (χ4n) is 3.19. The highest BCUT2D eigenvalue weighted by Gasteiger charge is 2.25. The maximum absolute atomic E-state index is 12.5. The number of carbonyl (C=O) groups excluding carboxylic acids is 1. The van der Waals surface area contributed by atoms with E-state index in [1.165, 1.54) is 6.20 Å². The molecule has 3 heterocycles. The number of nitrogens with zero attached hydrogens (tertiary/aromatic N) is 3. The molecule has 0 unspecified atom stereocenters. The van der Waals surface area contributed by atoms with Gasteiger partial charge in [-0.05, 0) is 19.1 Å². The van der Waals surface area contributed by atoms with Crippen molar-refractivity contribution in [2.75, 3.05) is 29.9 Å². The van der Waals surface area contributed by atoms with Gasteiger partial charge in [0.15, 0.2) is 9.84 Å². The molecule has 0 spiro atoms. The van der Waals surface area contributed by atoms with Crippen molar-refractivity contribution in [1.29, 1.82) is 0 Å². The lowest BCUT2D eigenvalue weighted by molar-refractivity contribution is 0.0770. The average molecular weight is 443 g/mol. The number of aryl methyl sites for hydroxylation is 1. The van der Waals surface area contributed by atoms with Crippen LogP contribution < -0.4 is 5.32 Å². The van der Waals surface area contributed by atoms with Crippen LogP contribution in [0.15, 0.2) is 48.7 Å². The molecule has 156 valence electrons. The van der Waals surface area contributed by atoms with Crippen molar-refractivity contribution in [3.8, 4) is 10.6 Å². The van der Waals surface area contributed by atoms with E-state index in [0.717, 1.165) is 21.1 Å². The number of benzene rings is 1. The molecular weight excluding hydrogens is 420 g/mol. The molecule has 1 N–H and O–H groups in total. The Kier molecular flexibility index (Phi) is 5.83. The van der Waals surface area contributed by atoms with E-state index in [0.29, 0.717) is 17.9 Å². The van der Waals surface area contributed by atoms with E-state index in [-0.39, 0.29) is 30.5 Å². The summed E-state index contributed by atoms with van der Waals surface area (Å²) in [6.45, 7) is 3.06. The van der Waals surface area contributed by atoms with Crippen molar-refractivity contribution >= 4 is 32.9 Å². The second-order valence-electron chi connectivity index (χ2n) is 7.12. The van der Waals surface area contributed by atoms with Crippen molar-refractivity contribution in [2.24, 2.45) is 0 Å². The minimum absolute atomic E-state index is 0.0188. The monoisotopic (exact) mass is 442 g/mol. The van der Waals surface area contributed by atoms with E-state index in [9.17, 15) is 13.2 Å². The standard InChI is InChI=1S/C21H22N4O3S2/c1-15-18(29-20(24-15)16-5-3-2-4-6-16)14-23-19-8-7-17(13-22-19)21(26)25-9-11-30(27,28)12-10-25/h2-8,13H,9-12,14H2,1H3,(H,22,23). The van der Waals surface area contributed by atoms with Gasteiger partial charge in [-0.25, -0.2) is 18.4 Å². The van der Waals surface area contributed by atoms with Gasteiger partial charge in [0.25, 0.3) is 5.91 Å². The second kappa shape index (κ2) is 8.53. The molecule has 0 saturated carbocycles. The van der Waals surface area contributed by atoms with Gasteiger partial charge in [-0.3, -0.25) is 4.79 Å². The van der Waals surface area contributed by atoms with Gasteiger partial charge >= 0.3 is 0 Å². The third-order valence-electron chi connectivity index (χ3n) is 4.99. The van der Waals surface area contributed by atoms with Crippen LogP contribution in [0.2, 0.25) is 0 Å². The van der Waals surface area contributed by atoms with E-state index >= 15 is 0 Å². The van der Waals surface area contributed by atoms with Crippen LogP contribution in [-0.2, 0) is 16.4 Å². The van der Waals surface area contributed by atoms with Gasteiger partial charge < -0.3 is 10.2 Å². The highest BCUT2D eigenvalue weighted by atomic mass is 32.2. The molecule has 1 fully saturated rings. The number of hydrogen-bond donors (Lipinski definition) is 1. The van der Waals surface area contributed by atoms with Gasteiger partial charge in [0, 0.05) is 29.7 Å². The van der Waals surface area contributed by atoms with Crippen molar-refractivity contribution in [1.82, 2.24) is 14.9 Å². The third-order valence-corrected chi connectivity index (χ3v) is 7.80. The Labute approximate surface area is 179 Å². The number of amides is 1. The molecule has 0 aliphatic carbocycles. The zero-order chi connectivity index (χ0) is 21.1. The Morgan fingerprint density at radius 2 is 1.87 bits per heavy atom. The van der Waals surface area contributed by atoms with Gasteiger partial charge in [-0.15, -0.1) is 11.3 Å². The third kappa shape index (κ3) is 4.68. The first-order valence-corrected chi connectivity index (χ1v) is 12.3. The fraction of sp³-hybridized carbons (Fsp3) is 0.286.